The van der Waals surface area contributed by atoms with E-state index in [1.165, 1.54) is 43.0 Å². The maximum atomic E-state index is 12.8. The van der Waals surface area contributed by atoms with E-state index in [0.717, 1.165) is 36.4 Å². The second-order valence-electron chi connectivity index (χ2n) is 12.9. The smallest absolute Gasteiger partial charge is 0.410 e. The number of aromatic amines is 1. The molecule has 2 aliphatic heterocycles. The summed E-state index contributed by atoms with van der Waals surface area (Å²) in [6, 6.07) is 0.273. The Bertz CT molecular complexity index is 1640. The van der Waals surface area contributed by atoms with Gasteiger partial charge >= 0.3 is 6.09 Å². The van der Waals surface area contributed by atoms with E-state index in [0.29, 0.717) is 31.0 Å². The van der Waals surface area contributed by atoms with Crippen molar-refractivity contribution in [1.82, 2.24) is 24.5 Å². The van der Waals surface area contributed by atoms with Crippen LogP contribution in [0.4, 0.5) is 4.79 Å². The van der Waals surface area contributed by atoms with Crippen molar-refractivity contribution >= 4 is 33.3 Å². The number of aromatic nitrogens is 4. The summed E-state index contributed by atoms with van der Waals surface area (Å²) in [5.41, 5.74) is 7.92. The number of hydrogen-bond acceptors (Lipinski definition) is 6. The van der Waals surface area contributed by atoms with Gasteiger partial charge in [0.2, 0.25) is 0 Å². The molecule has 2 bridgehead atoms. The van der Waals surface area contributed by atoms with E-state index in [-0.39, 0.29) is 12.1 Å². The van der Waals surface area contributed by atoms with Gasteiger partial charge in [-0.2, -0.15) is 5.10 Å². The number of nitrogens with one attached hydrogen (secondary N) is 1. The topological polar surface area (TPSA) is 84.8 Å². The van der Waals surface area contributed by atoms with Crippen LogP contribution in [0.2, 0.25) is 0 Å². The summed E-state index contributed by atoms with van der Waals surface area (Å²) in [5, 5.41) is 6.01. The molecule has 9 heteroatoms. The molecule has 0 spiro atoms. The highest BCUT2D eigenvalue weighted by atomic mass is 32.1. The third kappa shape index (κ3) is 3.84. The maximum absolute atomic E-state index is 12.8. The van der Waals surface area contributed by atoms with Crippen molar-refractivity contribution in [3.63, 3.8) is 0 Å². The zero-order valence-corrected chi connectivity index (χ0v) is 24.7. The maximum Gasteiger partial charge on any atom is 0.410 e. The summed E-state index contributed by atoms with van der Waals surface area (Å²) >= 11 is 1.91. The number of hydrogen-bond donors (Lipinski definition) is 1. The molecule has 6 heterocycles. The lowest BCUT2D eigenvalue weighted by Crippen LogP contribution is -2.42. The number of carbonyl (C=O) groups excluding carboxylic acids is 1. The zero-order chi connectivity index (χ0) is 27.4. The van der Waals surface area contributed by atoms with E-state index in [4.69, 9.17) is 9.47 Å². The lowest BCUT2D eigenvalue weighted by molar-refractivity contribution is 0.0181. The number of rotatable bonds is 3. The van der Waals surface area contributed by atoms with Crippen molar-refractivity contribution in [1.29, 1.82) is 0 Å². The molecule has 39 heavy (non-hydrogen) atoms. The molecule has 8 nitrogen and oxygen atoms in total. The third-order valence-corrected chi connectivity index (χ3v) is 10.1. The Morgan fingerprint density at radius 2 is 1.97 bits per heavy atom. The van der Waals surface area contributed by atoms with Gasteiger partial charge in [-0.25, -0.2) is 14.3 Å². The van der Waals surface area contributed by atoms with Gasteiger partial charge in [0, 0.05) is 46.1 Å². The molecular weight excluding hydrogens is 510 g/mol. The molecule has 2 fully saturated rings. The molecule has 7 rings (SSSR count). The van der Waals surface area contributed by atoms with E-state index in [1.54, 1.807) is 0 Å². The summed E-state index contributed by atoms with van der Waals surface area (Å²) in [6.45, 7) is 16.6. The Morgan fingerprint density at radius 1 is 1.21 bits per heavy atom. The van der Waals surface area contributed by atoms with E-state index in [1.807, 2.05) is 48.4 Å². The molecule has 0 radical (unpaired) electrons. The number of pyridine rings is 1. The van der Waals surface area contributed by atoms with E-state index in [2.05, 4.69) is 42.0 Å². The molecule has 4 aromatic heterocycles. The minimum absolute atomic E-state index is 0.161. The van der Waals surface area contributed by atoms with Crippen LogP contribution in [-0.2, 0) is 22.7 Å². The van der Waals surface area contributed by atoms with E-state index in [9.17, 15) is 4.79 Å². The predicted molar refractivity (Wildman–Crippen MR) is 152 cm³/mol. The summed E-state index contributed by atoms with van der Waals surface area (Å²) in [5.74, 6) is 2.11. The van der Waals surface area contributed by atoms with Gasteiger partial charge in [-0.1, -0.05) is 13.8 Å². The fourth-order valence-corrected chi connectivity index (χ4v) is 8.66. The Hall–Kier alpha value is -2.91. The van der Waals surface area contributed by atoms with Crippen molar-refractivity contribution in [2.45, 2.75) is 98.0 Å². The van der Waals surface area contributed by atoms with Gasteiger partial charge in [-0.05, 0) is 76.0 Å². The first kappa shape index (κ1) is 25.1. The molecule has 0 aromatic carbocycles. The minimum atomic E-state index is -0.462. The molecular formula is C30H37N5O3S. The zero-order valence-electron chi connectivity index (χ0n) is 23.8. The van der Waals surface area contributed by atoms with Crippen molar-refractivity contribution < 1.29 is 14.3 Å². The van der Waals surface area contributed by atoms with E-state index >= 15 is 0 Å². The largest absolute Gasteiger partial charge is 0.444 e. The lowest BCUT2D eigenvalue weighted by Gasteiger charge is -2.33. The number of thiophene rings is 1. The number of aryl methyl sites for hydroxylation is 2. The monoisotopic (exact) mass is 547 g/mol. The second kappa shape index (κ2) is 8.54. The number of likely N-dealkylation sites (tertiary alicyclic amines) is 1. The number of carbonyl (C=O) groups is 1. The number of nitrogens with zero attached hydrogens (tertiary/aromatic N) is 4. The van der Waals surface area contributed by atoms with Crippen LogP contribution < -0.4 is 0 Å². The summed E-state index contributed by atoms with van der Waals surface area (Å²) < 4.78 is 13.5. The third-order valence-electron chi connectivity index (χ3n) is 8.75. The van der Waals surface area contributed by atoms with Gasteiger partial charge in [0.15, 0.2) is 5.65 Å². The quantitative estimate of drug-likeness (QED) is 0.304. The molecule has 1 N–H and O–H groups in total. The van der Waals surface area contributed by atoms with Crippen molar-refractivity contribution in [3.05, 3.63) is 39.2 Å². The normalized spacial score (nSPS) is 22.7. The number of piperidine rings is 1. The van der Waals surface area contributed by atoms with Crippen molar-refractivity contribution in [2.75, 3.05) is 6.54 Å². The van der Waals surface area contributed by atoms with Crippen LogP contribution in [0.5, 0.6) is 0 Å². The Balaban J connectivity index is 1.26. The van der Waals surface area contributed by atoms with Crippen LogP contribution in [-0.4, -0.2) is 48.8 Å². The van der Waals surface area contributed by atoms with Gasteiger partial charge in [0.1, 0.15) is 16.3 Å². The Morgan fingerprint density at radius 3 is 2.67 bits per heavy atom. The molecule has 1 amide bonds. The molecule has 1 saturated carbocycles. The summed E-state index contributed by atoms with van der Waals surface area (Å²) in [7, 11) is 0. The molecule has 3 atom stereocenters. The minimum Gasteiger partial charge on any atom is -0.444 e. The SMILES string of the molecule is Cc1nc2c3c(c(-c4[nH]c5sc([C@@H]6C[C@@H]7C[C@H]6CN7C(=O)OC(C)(C)C)c(C)c5c4C(C)C)cn2n1)COC3. The summed E-state index contributed by atoms with van der Waals surface area (Å²) in [4.78, 5) is 26.0. The highest BCUT2D eigenvalue weighted by Crippen LogP contribution is 2.53. The lowest BCUT2D eigenvalue weighted by atomic mass is 9.88. The van der Waals surface area contributed by atoms with Gasteiger partial charge in [-0.15, -0.1) is 11.3 Å². The van der Waals surface area contributed by atoms with Crippen LogP contribution in [0.1, 0.15) is 92.3 Å². The highest BCUT2D eigenvalue weighted by molar-refractivity contribution is 7.19. The molecule has 4 aromatic rings. The van der Waals surface area contributed by atoms with Crippen molar-refractivity contribution in [2.24, 2.45) is 5.92 Å². The average molecular weight is 548 g/mol. The van der Waals surface area contributed by atoms with Crippen molar-refractivity contribution in [3.8, 4) is 11.3 Å². The average Bonchev–Trinajstić information content (AvgIpc) is 3.66. The number of ether oxygens (including phenoxy) is 2. The number of fused-ring (bicyclic) bond motifs is 6. The number of amides is 1. The fourth-order valence-electron chi connectivity index (χ4n) is 7.22. The van der Waals surface area contributed by atoms with Gasteiger partial charge < -0.3 is 19.4 Å². The molecule has 1 aliphatic carbocycles. The van der Waals surface area contributed by atoms with Gasteiger partial charge in [0.05, 0.1) is 18.9 Å². The van der Waals surface area contributed by atoms with Crippen LogP contribution >= 0.6 is 11.3 Å². The van der Waals surface area contributed by atoms with Gasteiger partial charge in [0.25, 0.3) is 0 Å². The molecule has 1 saturated heterocycles. The van der Waals surface area contributed by atoms with Crippen LogP contribution in [0.25, 0.3) is 27.1 Å². The van der Waals surface area contributed by atoms with Crippen LogP contribution in [0.15, 0.2) is 6.20 Å². The summed E-state index contributed by atoms with van der Waals surface area (Å²) in [6.07, 6.45) is 4.05. The fraction of sp³-hybridized carbons (Fsp3) is 0.567. The first-order chi connectivity index (χ1) is 18.5. The first-order valence-corrected chi connectivity index (χ1v) is 14.9. The Labute approximate surface area is 232 Å². The number of H-pyrrole nitrogens is 1. The second-order valence-corrected chi connectivity index (χ2v) is 14.0. The Kier molecular flexibility index (Phi) is 5.49. The highest BCUT2D eigenvalue weighted by Gasteiger charge is 2.49. The molecule has 0 unspecified atom stereocenters. The standard InChI is InChI=1S/C30H37N5O3S/c1-14(2)23-24-15(3)26(19-9-18-8-17(19)10-34(18)29(36)38-30(5,6)7)39-28(24)32-25(23)20-11-35-27(31-16(4)33-35)22-13-37-12-21(20)22/h11,14,17-19,32H,8-10,12-13H2,1-7H3/t17-,18-,19+/m0/s1. The first-order valence-electron chi connectivity index (χ1n) is 14.1. The van der Waals surface area contributed by atoms with Gasteiger partial charge in [-0.3, -0.25) is 0 Å². The predicted octanol–water partition coefficient (Wildman–Crippen LogP) is 6.82. The van der Waals surface area contributed by atoms with Crippen LogP contribution in [0.3, 0.4) is 0 Å². The molecule has 3 aliphatic rings. The molecule has 206 valence electrons. The van der Waals surface area contributed by atoms with Crippen LogP contribution in [0, 0.1) is 19.8 Å². The van der Waals surface area contributed by atoms with E-state index < -0.39 is 5.60 Å².